The van der Waals surface area contributed by atoms with Gasteiger partial charge in [0.25, 0.3) is 11.7 Å². The largest absolute Gasteiger partial charge is 0.481 e. The van der Waals surface area contributed by atoms with Crippen molar-refractivity contribution in [2.24, 2.45) is 5.92 Å². The van der Waals surface area contributed by atoms with E-state index in [2.05, 4.69) is 15.5 Å². The second-order valence-electron chi connectivity index (χ2n) is 9.12. The number of nitrogens with zero attached hydrogens (tertiary/aromatic N) is 2. The number of benzene rings is 1. The van der Waals surface area contributed by atoms with Gasteiger partial charge in [0.2, 0.25) is 6.79 Å². The maximum absolute atomic E-state index is 13.4. The first-order valence-electron chi connectivity index (χ1n) is 12.3. The lowest BCUT2D eigenvalue weighted by molar-refractivity contribution is -0.180. The van der Waals surface area contributed by atoms with Crippen LogP contribution < -0.4 is 19.5 Å². The van der Waals surface area contributed by atoms with Crippen molar-refractivity contribution in [1.82, 2.24) is 10.1 Å². The van der Waals surface area contributed by atoms with Gasteiger partial charge in [-0.2, -0.15) is 13.2 Å². The predicted octanol–water partition coefficient (Wildman–Crippen LogP) is 3.52. The van der Waals surface area contributed by atoms with E-state index in [4.69, 9.17) is 23.5 Å². The van der Waals surface area contributed by atoms with Crippen molar-refractivity contribution in [3.05, 3.63) is 59.0 Å². The van der Waals surface area contributed by atoms with E-state index in [9.17, 15) is 27.9 Å². The molecule has 5 rings (SSSR count). The van der Waals surface area contributed by atoms with Crippen molar-refractivity contribution in [3.8, 4) is 17.4 Å². The van der Waals surface area contributed by atoms with Gasteiger partial charge in [-0.05, 0) is 28.9 Å². The molecule has 212 valence electrons. The normalized spacial score (nSPS) is 15.9. The molecule has 11 nitrogen and oxygen atoms in total. The average Bonchev–Trinajstić information content (AvgIpc) is 3.50. The molecular formula is C26H24F3N3O8. The van der Waals surface area contributed by atoms with E-state index in [1.54, 1.807) is 0 Å². The molecule has 2 unspecified atom stereocenters. The lowest BCUT2D eigenvalue weighted by atomic mass is 9.80. The highest BCUT2D eigenvalue weighted by molar-refractivity contribution is 6.02. The summed E-state index contributed by atoms with van der Waals surface area (Å²) in [5, 5.41) is 16.7. The first-order chi connectivity index (χ1) is 19.2. The molecule has 40 heavy (non-hydrogen) atoms. The second kappa shape index (κ2) is 11.4. The fourth-order valence-electron chi connectivity index (χ4n) is 4.51. The minimum absolute atomic E-state index is 0.0336. The van der Waals surface area contributed by atoms with Gasteiger partial charge in [0, 0.05) is 42.6 Å². The van der Waals surface area contributed by atoms with Crippen LogP contribution >= 0.6 is 0 Å². The van der Waals surface area contributed by atoms with Gasteiger partial charge in [0.1, 0.15) is 17.5 Å². The van der Waals surface area contributed by atoms with Crippen molar-refractivity contribution in [2.45, 2.75) is 31.5 Å². The maximum atomic E-state index is 13.4. The van der Waals surface area contributed by atoms with E-state index in [-0.39, 0.29) is 42.8 Å². The molecule has 0 radical (unpaired) electrons. The van der Waals surface area contributed by atoms with Crippen LogP contribution in [0.5, 0.6) is 17.4 Å². The number of carbonyl (C=O) groups is 2. The monoisotopic (exact) mass is 563 g/mol. The Balaban J connectivity index is 1.30. The summed E-state index contributed by atoms with van der Waals surface area (Å²) in [6, 6.07) is 9.30. The number of hydrogen-bond donors (Lipinski definition) is 2. The van der Waals surface area contributed by atoms with E-state index in [0.29, 0.717) is 31.9 Å². The molecule has 0 saturated carbocycles. The number of aliphatic carboxylic acids is 1. The summed E-state index contributed by atoms with van der Waals surface area (Å²) in [5.41, 5.74) is 1.83. The molecule has 14 heteroatoms. The Morgan fingerprint density at radius 3 is 2.75 bits per heavy atom. The van der Waals surface area contributed by atoms with Crippen LogP contribution in [0.4, 0.5) is 19.0 Å². The standard InChI is InChI=1S/C26H24F3N3O8/c27-26(28,29)23(33)22(25(34)35)18(14-2-4-19-20(9-14)39-13-38-19)10-17-11-21(32-40-17)37-7-5-16-3-1-15-12-36-8-6-30-24(15)31-16/h1-4,9,11,18,22H,5-8,10,12-13H2,(H,30,31)(H,34,35). The molecule has 2 atom stereocenters. The number of ketones is 1. The number of hydrogen-bond acceptors (Lipinski definition) is 10. The highest BCUT2D eigenvalue weighted by Gasteiger charge is 2.50. The molecule has 3 aromatic rings. The summed E-state index contributed by atoms with van der Waals surface area (Å²) in [7, 11) is 0. The molecule has 2 N–H and O–H groups in total. The van der Waals surface area contributed by atoms with Gasteiger partial charge < -0.3 is 33.9 Å². The minimum Gasteiger partial charge on any atom is -0.481 e. The summed E-state index contributed by atoms with van der Waals surface area (Å²) in [5.74, 6) is -6.80. The van der Waals surface area contributed by atoms with Crippen molar-refractivity contribution >= 4 is 17.6 Å². The first kappa shape index (κ1) is 27.2. The number of halogens is 3. The van der Waals surface area contributed by atoms with Gasteiger partial charge in [-0.3, -0.25) is 9.59 Å². The zero-order valence-electron chi connectivity index (χ0n) is 20.9. The predicted molar refractivity (Wildman–Crippen MR) is 129 cm³/mol. The highest BCUT2D eigenvalue weighted by Crippen LogP contribution is 2.40. The maximum Gasteiger partial charge on any atom is 0.450 e. The molecular weight excluding hydrogens is 539 g/mol. The molecule has 0 amide bonds. The number of alkyl halides is 3. The number of carboxylic acid groups (broad SMARTS) is 1. The molecule has 0 aliphatic carbocycles. The van der Waals surface area contributed by atoms with Gasteiger partial charge in [0.15, 0.2) is 11.5 Å². The number of Topliss-reactive ketones (excluding diaryl/α,β-unsaturated/α-hetero) is 1. The Morgan fingerprint density at radius 1 is 1.12 bits per heavy atom. The smallest absolute Gasteiger partial charge is 0.450 e. The number of anilines is 1. The Labute approximate surface area is 225 Å². The van der Waals surface area contributed by atoms with E-state index < -0.39 is 29.8 Å². The zero-order valence-corrected chi connectivity index (χ0v) is 20.9. The number of rotatable bonds is 10. The van der Waals surface area contributed by atoms with Crippen LogP contribution in [0.3, 0.4) is 0 Å². The second-order valence-corrected chi connectivity index (χ2v) is 9.12. The third kappa shape index (κ3) is 6.11. The molecule has 4 heterocycles. The van der Waals surface area contributed by atoms with Crippen LogP contribution in [0.1, 0.15) is 28.5 Å². The van der Waals surface area contributed by atoms with Gasteiger partial charge in [0.05, 0.1) is 19.8 Å². The lowest BCUT2D eigenvalue weighted by Crippen LogP contribution is -2.39. The van der Waals surface area contributed by atoms with Crippen LogP contribution in [0.15, 0.2) is 40.9 Å². The molecule has 2 aromatic heterocycles. The Hall–Kier alpha value is -4.33. The Bertz CT molecular complexity index is 1390. The van der Waals surface area contributed by atoms with Crippen molar-refractivity contribution in [1.29, 1.82) is 0 Å². The lowest BCUT2D eigenvalue weighted by Gasteiger charge is -2.23. The molecule has 0 spiro atoms. The Morgan fingerprint density at radius 2 is 1.95 bits per heavy atom. The van der Waals surface area contributed by atoms with Crippen LogP contribution in [0, 0.1) is 5.92 Å². The van der Waals surface area contributed by atoms with Crippen LogP contribution in [0.2, 0.25) is 0 Å². The quantitative estimate of drug-likeness (QED) is 0.350. The fraction of sp³-hybridized carbons (Fsp3) is 0.385. The number of carboxylic acids is 1. The fourth-order valence-corrected chi connectivity index (χ4v) is 4.51. The molecule has 0 saturated heterocycles. The van der Waals surface area contributed by atoms with E-state index in [1.165, 1.54) is 24.3 Å². The highest BCUT2D eigenvalue weighted by atomic mass is 19.4. The molecule has 2 aliphatic heterocycles. The zero-order chi connectivity index (χ0) is 28.3. The van der Waals surface area contributed by atoms with Crippen LogP contribution in [0.25, 0.3) is 0 Å². The number of nitrogens with one attached hydrogen (secondary N) is 1. The minimum atomic E-state index is -5.36. The molecule has 2 aliphatic rings. The number of pyridine rings is 1. The van der Waals surface area contributed by atoms with E-state index in [0.717, 1.165) is 17.1 Å². The molecule has 0 fully saturated rings. The van der Waals surface area contributed by atoms with Gasteiger partial charge in [-0.15, -0.1) is 0 Å². The summed E-state index contributed by atoms with van der Waals surface area (Å²) in [6.07, 6.45) is -5.31. The number of ether oxygens (including phenoxy) is 4. The molecule has 1 aromatic carbocycles. The van der Waals surface area contributed by atoms with Crippen LogP contribution in [-0.4, -0.2) is 59.7 Å². The van der Waals surface area contributed by atoms with E-state index >= 15 is 0 Å². The summed E-state index contributed by atoms with van der Waals surface area (Å²) >= 11 is 0. The number of aromatic nitrogens is 2. The first-order valence-corrected chi connectivity index (χ1v) is 12.3. The van der Waals surface area contributed by atoms with Gasteiger partial charge in [-0.1, -0.05) is 12.1 Å². The van der Waals surface area contributed by atoms with Gasteiger partial charge >= 0.3 is 12.1 Å². The summed E-state index contributed by atoms with van der Waals surface area (Å²) in [4.78, 5) is 28.7. The van der Waals surface area contributed by atoms with Crippen LogP contribution in [-0.2, 0) is 33.8 Å². The Kier molecular flexibility index (Phi) is 7.78. The SMILES string of the molecule is O=C(O)C(C(=O)C(F)(F)F)C(Cc1cc(OCCc2ccc3c(n2)NCCOC3)no1)c1ccc2c(c1)OCO2. The van der Waals surface area contributed by atoms with Crippen molar-refractivity contribution in [3.63, 3.8) is 0 Å². The van der Waals surface area contributed by atoms with Gasteiger partial charge in [-0.25, -0.2) is 4.98 Å². The summed E-state index contributed by atoms with van der Waals surface area (Å²) in [6.45, 7) is 1.77. The van der Waals surface area contributed by atoms with Crippen molar-refractivity contribution in [2.75, 3.05) is 31.9 Å². The number of fused-ring (bicyclic) bond motifs is 2. The third-order valence-electron chi connectivity index (χ3n) is 6.45. The van der Waals surface area contributed by atoms with E-state index in [1.807, 2.05) is 12.1 Å². The number of carbonyl (C=O) groups excluding carboxylic acids is 1. The third-order valence-corrected chi connectivity index (χ3v) is 6.45. The summed E-state index contributed by atoms with van der Waals surface area (Å²) < 4.78 is 66.9. The topological polar surface area (TPSA) is 142 Å². The average molecular weight is 563 g/mol. The van der Waals surface area contributed by atoms with Crippen molar-refractivity contribution < 1.29 is 51.3 Å². The molecule has 0 bridgehead atoms.